The molecule has 4 aromatic heterocycles. The zero-order chi connectivity index (χ0) is 35.1. The van der Waals surface area contributed by atoms with E-state index in [-0.39, 0.29) is 0 Å². The highest BCUT2D eigenvalue weighted by Crippen LogP contribution is 2.39. The fourth-order valence-corrected chi connectivity index (χ4v) is 8.01. The van der Waals surface area contributed by atoms with Crippen molar-refractivity contribution in [1.82, 2.24) is 33.9 Å². The van der Waals surface area contributed by atoms with E-state index in [0.29, 0.717) is 17.4 Å². The largest absolute Gasteiger partial charge is 0.457 e. The van der Waals surface area contributed by atoms with Crippen molar-refractivity contribution in [2.75, 3.05) is 0 Å². The molecule has 0 aliphatic heterocycles. The van der Waals surface area contributed by atoms with Crippen LogP contribution in [0.3, 0.4) is 0 Å². The summed E-state index contributed by atoms with van der Waals surface area (Å²) in [5.41, 5.74) is 10.7. The van der Waals surface area contributed by atoms with Gasteiger partial charge in [0, 0.05) is 33.2 Å². The molecule has 0 unspecified atom stereocenters. The Morgan fingerprint density at radius 1 is 0.500 bits per heavy atom. The Hall–Kier alpha value is -6.80. The second-order valence-corrected chi connectivity index (χ2v) is 13.5. The van der Waals surface area contributed by atoms with Crippen LogP contribution >= 0.6 is 0 Å². The van der Waals surface area contributed by atoms with Gasteiger partial charge in [0.15, 0.2) is 11.5 Å². The summed E-state index contributed by atoms with van der Waals surface area (Å²) in [6.07, 6.45) is 1.79. The van der Waals surface area contributed by atoms with E-state index in [2.05, 4.69) is 161 Å². The van der Waals surface area contributed by atoms with Crippen molar-refractivity contribution in [3.8, 4) is 34.5 Å². The third kappa shape index (κ3) is 4.40. The Morgan fingerprint density at radius 3 is 1.87 bits per heavy atom. The molecule has 0 N–H and O–H groups in total. The number of hydrogen-bond acceptors (Lipinski definition) is 5. The molecule has 250 valence electrons. The monoisotopic (exact) mass is 675 g/mol. The second kappa shape index (κ2) is 11.4. The summed E-state index contributed by atoms with van der Waals surface area (Å²) in [6, 6.07) is 42.0. The van der Waals surface area contributed by atoms with Crippen LogP contribution in [0.15, 0.2) is 128 Å². The van der Waals surface area contributed by atoms with Crippen molar-refractivity contribution in [2.45, 2.75) is 27.7 Å². The summed E-state index contributed by atoms with van der Waals surface area (Å²) >= 11 is 0. The first-order valence-electron chi connectivity index (χ1n) is 17.4. The molecular formula is C44H33N7O. The van der Waals surface area contributed by atoms with Gasteiger partial charge >= 0.3 is 0 Å². The summed E-state index contributed by atoms with van der Waals surface area (Å²) in [6.45, 7) is 8.49. The van der Waals surface area contributed by atoms with E-state index in [4.69, 9.17) is 14.9 Å². The third-order valence-corrected chi connectivity index (χ3v) is 10.3. The van der Waals surface area contributed by atoms with Gasteiger partial charge in [-0.2, -0.15) is 0 Å². The molecule has 0 amide bonds. The van der Waals surface area contributed by atoms with E-state index in [1.165, 1.54) is 0 Å². The average molecular weight is 676 g/mol. The molecule has 52 heavy (non-hydrogen) atoms. The van der Waals surface area contributed by atoms with Crippen molar-refractivity contribution in [3.05, 3.63) is 150 Å². The molecule has 10 rings (SSSR count). The van der Waals surface area contributed by atoms with Crippen LogP contribution in [0.4, 0.5) is 0 Å². The van der Waals surface area contributed by atoms with Gasteiger partial charge in [-0.05, 0) is 97.8 Å². The Bertz CT molecular complexity index is 3020. The van der Waals surface area contributed by atoms with Gasteiger partial charge in [0.2, 0.25) is 5.95 Å². The standard InChI is InChI=1S/C44H33N7O/c1-26-11-9-12-27(2)40(26)43-47-46-42-36-23-30(19-21-32(36)33-15-5-8-18-38(33)51(42)43)52-31-20-22-35-34-16-6-7-17-37(34)50(39(35)24-31)44-48-45-25-49(44)41-28(3)13-10-14-29(41)4/h5-25H,1-4H3. The van der Waals surface area contributed by atoms with Crippen molar-refractivity contribution in [2.24, 2.45) is 0 Å². The molecular weight excluding hydrogens is 643 g/mol. The predicted octanol–water partition coefficient (Wildman–Crippen LogP) is 10.4. The first-order chi connectivity index (χ1) is 25.5. The number of aromatic nitrogens is 7. The molecule has 0 aliphatic carbocycles. The molecule has 0 spiro atoms. The van der Waals surface area contributed by atoms with Crippen LogP contribution in [-0.4, -0.2) is 33.9 Å². The molecule has 0 radical (unpaired) electrons. The van der Waals surface area contributed by atoms with Crippen molar-refractivity contribution < 1.29 is 4.74 Å². The van der Waals surface area contributed by atoms with Crippen LogP contribution in [0.1, 0.15) is 22.3 Å². The van der Waals surface area contributed by atoms with Crippen molar-refractivity contribution >= 4 is 49.1 Å². The number of para-hydroxylation sites is 3. The summed E-state index contributed by atoms with van der Waals surface area (Å²) in [5, 5.41) is 24.1. The van der Waals surface area contributed by atoms with Gasteiger partial charge in [-0.25, -0.2) is 0 Å². The van der Waals surface area contributed by atoms with Gasteiger partial charge in [-0.15, -0.1) is 20.4 Å². The molecule has 4 heterocycles. The highest BCUT2D eigenvalue weighted by Gasteiger charge is 2.21. The molecule has 6 aromatic carbocycles. The molecule has 10 aromatic rings. The zero-order valence-electron chi connectivity index (χ0n) is 29.2. The maximum Gasteiger partial charge on any atom is 0.240 e. The minimum Gasteiger partial charge on any atom is -0.457 e. The number of pyridine rings is 1. The minimum absolute atomic E-state index is 0.710. The summed E-state index contributed by atoms with van der Waals surface area (Å²) in [4.78, 5) is 0. The molecule has 0 aliphatic rings. The lowest BCUT2D eigenvalue weighted by atomic mass is 10.0. The number of nitrogens with zero attached hydrogens (tertiary/aromatic N) is 7. The Kier molecular flexibility index (Phi) is 6.57. The van der Waals surface area contributed by atoms with Gasteiger partial charge in [0.05, 0.1) is 22.2 Å². The number of aryl methyl sites for hydroxylation is 4. The fraction of sp³-hybridized carbons (Fsp3) is 0.0909. The molecule has 8 nitrogen and oxygen atoms in total. The van der Waals surface area contributed by atoms with Gasteiger partial charge in [0.25, 0.3) is 0 Å². The number of rotatable bonds is 5. The van der Waals surface area contributed by atoms with Crippen LogP contribution in [-0.2, 0) is 0 Å². The van der Waals surface area contributed by atoms with Crippen LogP contribution in [0.25, 0.3) is 72.2 Å². The highest BCUT2D eigenvalue weighted by atomic mass is 16.5. The highest BCUT2D eigenvalue weighted by molar-refractivity contribution is 6.13. The lowest BCUT2D eigenvalue weighted by molar-refractivity contribution is 0.484. The summed E-state index contributed by atoms with van der Waals surface area (Å²) in [7, 11) is 0. The fourth-order valence-electron chi connectivity index (χ4n) is 8.01. The Morgan fingerprint density at radius 2 is 1.12 bits per heavy atom. The van der Waals surface area contributed by atoms with Crippen LogP contribution < -0.4 is 4.74 Å². The first-order valence-corrected chi connectivity index (χ1v) is 17.4. The quantitative estimate of drug-likeness (QED) is 0.170. The average Bonchev–Trinajstić information content (AvgIpc) is 3.88. The lowest BCUT2D eigenvalue weighted by Gasteiger charge is -2.15. The van der Waals surface area contributed by atoms with Gasteiger partial charge < -0.3 is 4.74 Å². The normalized spacial score (nSPS) is 11.8. The van der Waals surface area contributed by atoms with E-state index in [1.807, 2.05) is 12.1 Å². The summed E-state index contributed by atoms with van der Waals surface area (Å²) < 4.78 is 13.1. The zero-order valence-corrected chi connectivity index (χ0v) is 29.2. The SMILES string of the molecule is Cc1cccc(C)c1-c1nnc2c3cc(Oc4ccc5c6ccccc6n(-c6nncn6-c6c(C)cccc6C)c5c4)ccc3c3ccccc3n12. The molecule has 0 fully saturated rings. The molecule has 0 saturated carbocycles. The summed E-state index contributed by atoms with van der Waals surface area (Å²) in [5.74, 6) is 2.97. The molecule has 8 heteroatoms. The smallest absolute Gasteiger partial charge is 0.240 e. The lowest BCUT2D eigenvalue weighted by Crippen LogP contribution is -2.07. The van der Waals surface area contributed by atoms with Crippen LogP contribution in [0.5, 0.6) is 11.5 Å². The van der Waals surface area contributed by atoms with E-state index < -0.39 is 0 Å². The number of benzene rings is 6. The van der Waals surface area contributed by atoms with Gasteiger partial charge in [0.1, 0.15) is 17.8 Å². The maximum absolute atomic E-state index is 6.69. The maximum atomic E-state index is 6.69. The van der Waals surface area contributed by atoms with Gasteiger partial charge in [-0.1, -0.05) is 72.8 Å². The first kappa shape index (κ1) is 30.1. The molecule has 0 saturated heterocycles. The third-order valence-electron chi connectivity index (χ3n) is 10.3. The topological polar surface area (TPSA) is 75.1 Å². The van der Waals surface area contributed by atoms with Crippen LogP contribution in [0, 0.1) is 27.7 Å². The van der Waals surface area contributed by atoms with Crippen molar-refractivity contribution in [3.63, 3.8) is 0 Å². The number of hydrogen-bond donors (Lipinski definition) is 0. The van der Waals surface area contributed by atoms with E-state index in [0.717, 1.165) is 88.5 Å². The molecule has 0 bridgehead atoms. The Labute approximate surface area is 299 Å². The second-order valence-electron chi connectivity index (χ2n) is 13.5. The van der Waals surface area contributed by atoms with Crippen LogP contribution in [0.2, 0.25) is 0 Å². The number of fused-ring (bicyclic) bond motifs is 9. The van der Waals surface area contributed by atoms with E-state index in [1.54, 1.807) is 6.33 Å². The molecule has 0 atom stereocenters. The minimum atomic E-state index is 0.710. The van der Waals surface area contributed by atoms with Crippen molar-refractivity contribution in [1.29, 1.82) is 0 Å². The van der Waals surface area contributed by atoms with E-state index >= 15 is 0 Å². The number of ether oxygens (including phenoxy) is 1. The Balaban J connectivity index is 1.14. The predicted molar refractivity (Wildman–Crippen MR) is 208 cm³/mol. The van der Waals surface area contributed by atoms with E-state index in [9.17, 15) is 0 Å². The van der Waals surface area contributed by atoms with Gasteiger partial charge in [-0.3, -0.25) is 13.5 Å².